The Morgan fingerprint density at radius 3 is 2.07 bits per heavy atom. The minimum atomic E-state index is -2.95. The van der Waals surface area contributed by atoms with Crippen LogP contribution in [0.3, 0.4) is 0 Å². The highest BCUT2D eigenvalue weighted by Gasteiger charge is 2.38. The summed E-state index contributed by atoms with van der Waals surface area (Å²) in [4.78, 5) is 2.39. The van der Waals surface area contributed by atoms with E-state index in [0.29, 0.717) is 6.42 Å². The Morgan fingerprint density at radius 1 is 0.963 bits per heavy atom. The maximum absolute atomic E-state index is 12.2. The van der Waals surface area contributed by atoms with E-state index in [4.69, 9.17) is 4.74 Å². The molecule has 0 amide bonds. The summed E-state index contributed by atoms with van der Waals surface area (Å²) < 4.78 is 30.4. The third-order valence-corrected chi connectivity index (χ3v) is 7.43. The average Bonchev–Trinajstić information content (AvgIpc) is 3.32. The summed E-state index contributed by atoms with van der Waals surface area (Å²) in [6, 6.07) is 20.9. The number of ether oxygens (including phenoxy) is 1. The molecule has 2 fully saturated rings. The van der Waals surface area contributed by atoms with Gasteiger partial charge in [0.25, 0.3) is 0 Å². The monoisotopic (exact) mass is 385 g/mol. The summed E-state index contributed by atoms with van der Waals surface area (Å²) in [5.41, 5.74) is 2.40. The van der Waals surface area contributed by atoms with Gasteiger partial charge >= 0.3 is 0 Å². The lowest BCUT2D eigenvalue weighted by Crippen LogP contribution is -2.44. The van der Waals surface area contributed by atoms with Gasteiger partial charge in [0.15, 0.2) is 9.84 Å². The summed E-state index contributed by atoms with van der Waals surface area (Å²) in [5.74, 6) is 0.534. The fourth-order valence-electron chi connectivity index (χ4n) is 4.37. The molecule has 0 radical (unpaired) electrons. The smallest absolute Gasteiger partial charge is 0.151 e. The quantitative estimate of drug-likeness (QED) is 0.764. The summed E-state index contributed by atoms with van der Waals surface area (Å²) in [6.45, 7) is 1.58. The molecule has 4 rings (SSSR count). The highest BCUT2D eigenvalue weighted by Crippen LogP contribution is 2.34. The van der Waals surface area contributed by atoms with Crippen LogP contribution in [0, 0.1) is 0 Å². The van der Waals surface area contributed by atoms with Crippen LogP contribution in [0.1, 0.15) is 36.4 Å². The molecule has 2 saturated heterocycles. The van der Waals surface area contributed by atoms with Crippen molar-refractivity contribution in [2.24, 2.45) is 0 Å². The first-order valence-corrected chi connectivity index (χ1v) is 11.6. The Bertz CT molecular complexity index is 793. The van der Waals surface area contributed by atoms with Crippen molar-refractivity contribution in [2.45, 2.75) is 37.5 Å². The molecule has 2 aliphatic rings. The molecule has 0 bridgehead atoms. The molecule has 2 aromatic rings. The maximum Gasteiger partial charge on any atom is 0.151 e. The normalized spacial score (nSPS) is 24.7. The van der Waals surface area contributed by atoms with E-state index in [1.807, 2.05) is 12.1 Å². The van der Waals surface area contributed by atoms with Crippen LogP contribution >= 0.6 is 0 Å². The van der Waals surface area contributed by atoms with E-state index in [2.05, 4.69) is 53.4 Å². The number of hydrogen-bond acceptors (Lipinski definition) is 4. The first-order valence-electron chi connectivity index (χ1n) is 9.80. The van der Waals surface area contributed by atoms with Gasteiger partial charge in [-0.15, -0.1) is 0 Å². The zero-order valence-electron chi connectivity index (χ0n) is 15.5. The molecule has 27 heavy (non-hydrogen) atoms. The van der Waals surface area contributed by atoms with E-state index >= 15 is 0 Å². The van der Waals surface area contributed by atoms with Crippen molar-refractivity contribution < 1.29 is 13.2 Å². The SMILES string of the molecule is O=S1(=O)CC[C@H](N(C[C@H]2CCCO2)C(c2ccccc2)c2ccccc2)C1. The molecule has 5 heteroatoms. The zero-order valence-corrected chi connectivity index (χ0v) is 16.4. The van der Waals surface area contributed by atoms with Crippen molar-refractivity contribution in [2.75, 3.05) is 24.7 Å². The second-order valence-corrected chi connectivity index (χ2v) is 9.84. The van der Waals surface area contributed by atoms with Gasteiger partial charge < -0.3 is 4.74 Å². The number of benzene rings is 2. The Labute approximate surface area is 162 Å². The molecule has 2 atom stereocenters. The Balaban J connectivity index is 1.73. The molecule has 2 aliphatic heterocycles. The minimum absolute atomic E-state index is 0.0320. The maximum atomic E-state index is 12.2. The van der Waals surface area contributed by atoms with Gasteiger partial charge in [-0.3, -0.25) is 4.90 Å². The molecule has 0 spiro atoms. The van der Waals surface area contributed by atoms with Crippen LogP contribution in [-0.2, 0) is 14.6 Å². The predicted molar refractivity (Wildman–Crippen MR) is 107 cm³/mol. The molecule has 0 aromatic heterocycles. The van der Waals surface area contributed by atoms with E-state index in [1.54, 1.807) is 0 Å². The van der Waals surface area contributed by atoms with E-state index in [1.165, 1.54) is 11.1 Å². The first-order chi connectivity index (χ1) is 13.1. The Kier molecular flexibility index (Phi) is 5.62. The van der Waals surface area contributed by atoms with Crippen molar-refractivity contribution in [3.63, 3.8) is 0 Å². The van der Waals surface area contributed by atoms with Crippen molar-refractivity contribution in [3.05, 3.63) is 71.8 Å². The Hall–Kier alpha value is -1.69. The molecule has 0 N–H and O–H groups in total. The third kappa shape index (κ3) is 4.42. The van der Waals surface area contributed by atoms with Crippen LogP contribution < -0.4 is 0 Å². The van der Waals surface area contributed by atoms with Crippen molar-refractivity contribution >= 4 is 9.84 Å². The average molecular weight is 386 g/mol. The molecule has 2 heterocycles. The predicted octanol–water partition coefficient (Wildman–Crippen LogP) is 3.44. The van der Waals surface area contributed by atoms with Crippen LogP contribution in [0.25, 0.3) is 0 Å². The van der Waals surface area contributed by atoms with Crippen LogP contribution in [0.15, 0.2) is 60.7 Å². The van der Waals surface area contributed by atoms with Gasteiger partial charge in [0, 0.05) is 19.2 Å². The second kappa shape index (κ2) is 8.13. The van der Waals surface area contributed by atoms with E-state index in [0.717, 1.165) is 26.0 Å². The molecule has 0 aliphatic carbocycles. The largest absolute Gasteiger partial charge is 0.377 e. The molecule has 0 unspecified atom stereocenters. The topological polar surface area (TPSA) is 46.6 Å². The van der Waals surface area contributed by atoms with Gasteiger partial charge in [0.1, 0.15) is 0 Å². The summed E-state index contributed by atoms with van der Waals surface area (Å²) >= 11 is 0. The molecular weight excluding hydrogens is 358 g/mol. The second-order valence-electron chi connectivity index (χ2n) is 7.61. The number of nitrogens with zero attached hydrogens (tertiary/aromatic N) is 1. The van der Waals surface area contributed by atoms with E-state index in [-0.39, 0.29) is 29.7 Å². The first kappa shape index (κ1) is 18.7. The van der Waals surface area contributed by atoms with Gasteiger partial charge in [-0.25, -0.2) is 8.42 Å². The highest BCUT2D eigenvalue weighted by molar-refractivity contribution is 7.91. The molecule has 0 saturated carbocycles. The zero-order chi connectivity index (χ0) is 18.7. The lowest BCUT2D eigenvalue weighted by molar-refractivity contribution is 0.0476. The molecule has 144 valence electrons. The summed E-state index contributed by atoms with van der Waals surface area (Å²) in [6.07, 6.45) is 3.02. The summed E-state index contributed by atoms with van der Waals surface area (Å²) in [7, 11) is -2.95. The van der Waals surface area contributed by atoms with Crippen LogP contribution in [0.4, 0.5) is 0 Å². The lowest BCUT2D eigenvalue weighted by Gasteiger charge is -2.38. The molecule has 2 aromatic carbocycles. The van der Waals surface area contributed by atoms with E-state index in [9.17, 15) is 8.42 Å². The molecular formula is C22H27NO3S. The standard InChI is InChI=1S/C22H27NO3S/c24-27(25)15-13-20(17-27)23(16-21-12-7-14-26-21)22(18-8-3-1-4-9-18)19-10-5-2-6-11-19/h1-6,8-11,20-22H,7,12-17H2/t20-,21+/m0/s1. The van der Waals surface area contributed by atoms with Crippen LogP contribution in [-0.4, -0.2) is 50.1 Å². The summed E-state index contributed by atoms with van der Waals surface area (Å²) in [5, 5.41) is 0. The fourth-order valence-corrected chi connectivity index (χ4v) is 6.11. The number of sulfone groups is 1. The fraction of sp³-hybridized carbons (Fsp3) is 0.455. The van der Waals surface area contributed by atoms with Gasteiger partial charge in [-0.05, 0) is 30.4 Å². The van der Waals surface area contributed by atoms with E-state index < -0.39 is 9.84 Å². The van der Waals surface area contributed by atoms with Crippen LogP contribution in [0.5, 0.6) is 0 Å². The lowest BCUT2D eigenvalue weighted by atomic mass is 9.94. The van der Waals surface area contributed by atoms with Gasteiger partial charge in [-0.2, -0.15) is 0 Å². The molecule has 4 nitrogen and oxygen atoms in total. The number of rotatable bonds is 6. The minimum Gasteiger partial charge on any atom is -0.377 e. The van der Waals surface area contributed by atoms with Gasteiger partial charge in [-0.1, -0.05) is 60.7 Å². The third-order valence-electron chi connectivity index (χ3n) is 5.68. The highest BCUT2D eigenvalue weighted by atomic mass is 32.2. The van der Waals surface area contributed by atoms with Gasteiger partial charge in [0.2, 0.25) is 0 Å². The van der Waals surface area contributed by atoms with Gasteiger partial charge in [0.05, 0.1) is 23.7 Å². The number of hydrogen-bond donors (Lipinski definition) is 0. The van der Waals surface area contributed by atoms with Crippen molar-refractivity contribution in [3.8, 4) is 0 Å². The van der Waals surface area contributed by atoms with Crippen LogP contribution in [0.2, 0.25) is 0 Å². The van der Waals surface area contributed by atoms with Crippen molar-refractivity contribution in [1.82, 2.24) is 4.90 Å². The Morgan fingerprint density at radius 2 is 1.59 bits per heavy atom. The van der Waals surface area contributed by atoms with Crippen molar-refractivity contribution in [1.29, 1.82) is 0 Å².